The second-order valence-corrected chi connectivity index (χ2v) is 9.12. The molecule has 0 atom stereocenters. The van der Waals surface area contributed by atoms with Crippen molar-refractivity contribution in [3.8, 4) is 11.1 Å². The average Bonchev–Trinajstić information content (AvgIpc) is 3.27. The van der Waals surface area contributed by atoms with Crippen LogP contribution in [0.4, 0.5) is 32.0 Å². The fourth-order valence-electron chi connectivity index (χ4n) is 3.79. The number of halogens is 6. The number of hydrogen-bond donors (Lipinski definition) is 4. The fraction of sp³-hybridized carbons (Fsp3) is 0.241. The smallest absolute Gasteiger partial charge is 0.478 e. The predicted octanol–water partition coefficient (Wildman–Crippen LogP) is 6.64. The Balaban J connectivity index is 0.000000402. The summed E-state index contributed by atoms with van der Waals surface area (Å²) in [6, 6.07) is 21.0. The number of imidazole rings is 1. The molecule has 9 nitrogen and oxygen atoms in total. The largest absolute Gasteiger partial charge is 0.490 e. The molecule has 0 aliphatic carbocycles. The molecule has 0 bridgehead atoms. The zero-order valence-corrected chi connectivity index (χ0v) is 23.0. The molecule has 3 aromatic carbocycles. The van der Waals surface area contributed by atoms with Crippen LogP contribution in [0, 0.1) is 0 Å². The molecule has 4 rings (SSSR count). The number of nitrogen functional groups attached to an aromatic ring is 1. The summed E-state index contributed by atoms with van der Waals surface area (Å²) in [6.45, 7) is 2.89. The van der Waals surface area contributed by atoms with E-state index in [-0.39, 0.29) is 0 Å². The Kier molecular flexibility index (Phi) is 11.9. The number of alkyl halides is 6. The molecule has 1 heterocycles. The van der Waals surface area contributed by atoms with Crippen LogP contribution in [-0.2, 0) is 22.6 Å². The van der Waals surface area contributed by atoms with Gasteiger partial charge in [0.25, 0.3) is 0 Å². The first kappa shape index (κ1) is 35.1. The molecule has 236 valence electrons. The number of nitrogens with two attached hydrogens (primary N) is 1. The van der Waals surface area contributed by atoms with E-state index in [1.165, 1.54) is 0 Å². The Hall–Kier alpha value is -5.08. The van der Waals surface area contributed by atoms with Crippen LogP contribution in [0.3, 0.4) is 0 Å². The van der Waals surface area contributed by atoms with Crippen molar-refractivity contribution in [1.82, 2.24) is 9.55 Å². The summed E-state index contributed by atoms with van der Waals surface area (Å²) in [4.78, 5) is 34.1. The van der Waals surface area contributed by atoms with Gasteiger partial charge >= 0.3 is 30.3 Å². The molecule has 0 aliphatic rings. The van der Waals surface area contributed by atoms with Crippen LogP contribution in [0.25, 0.3) is 22.2 Å². The van der Waals surface area contributed by atoms with Crippen molar-refractivity contribution >= 4 is 34.6 Å². The summed E-state index contributed by atoms with van der Waals surface area (Å²) in [5, 5.41) is 23.7. The first-order chi connectivity index (χ1) is 20.4. The molecule has 0 unspecified atom stereocenters. The molecule has 0 amide bonds. The number of fused-ring (bicyclic) bond motifs is 1. The summed E-state index contributed by atoms with van der Waals surface area (Å²) in [6.07, 6.45) is -7.04. The van der Waals surface area contributed by atoms with Crippen LogP contribution in [0.5, 0.6) is 0 Å². The molecule has 0 saturated carbocycles. The second kappa shape index (κ2) is 14.9. The Labute approximate surface area is 246 Å². The maximum atomic E-state index is 11.5. The van der Waals surface area contributed by atoms with Gasteiger partial charge in [0.15, 0.2) is 0 Å². The molecular weight excluding hydrogens is 600 g/mol. The van der Waals surface area contributed by atoms with Gasteiger partial charge in [-0.1, -0.05) is 55.8 Å². The van der Waals surface area contributed by atoms with Gasteiger partial charge in [-0.2, -0.15) is 26.3 Å². The molecule has 5 N–H and O–H groups in total. The molecule has 0 spiro atoms. The minimum atomic E-state index is -5.08. The number of rotatable bonds is 7. The van der Waals surface area contributed by atoms with Crippen molar-refractivity contribution in [1.29, 1.82) is 0 Å². The standard InChI is InChI=1S/C25H25N3O2.2C2HF3O2/c1-2-3-8-24-27-22-15-19(26)13-14-23(22)28(24)16-17-9-11-18(12-10-17)20-6-4-5-7-21(20)25(29)30;2*3-2(4,5)1(6)7/h4-7,9-15H,2-3,8,16,26H2,1H3,(H,29,30);2*(H,6,7). The highest BCUT2D eigenvalue weighted by Crippen LogP contribution is 2.26. The van der Waals surface area contributed by atoms with Crippen molar-refractivity contribution in [2.24, 2.45) is 0 Å². The van der Waals surface area contributed by atoms with E-state index >= 15 is 0 Å². The number of aromatic carboxylic acids is 1. The lowest BCUT2D eigenvalue weighted by Crippen LogP contribution is -2.21. The highest BCUT2D eigenvalue weighted by atomic mass is 19.4. The number of anilines is 1. The molecule has 0 saturated heterocycles. The zero-order valence-electron chi connectivity index (χ0n) is 23.0. The number of carboxylic acid groups (broad SMARTS) is 3. The average molecular weight is 628 g/mol. The van der Waals surface area contributed by atoms with E-state index in [1.807, 2.05) is 42.5 Å². The maximum absolute atomic E-state index is 11.5. The van der Waals surface area contributed by atoms with E-state index in [0.29, 0.717) is 12.1 Å². The molecule has 1 aromatic heterocycles. The van der Waals surface area contributed by atoms with E-state index < -0.39 is 30.3 Å². The Bertz CT molecular complexity index is 1570. The molecule has 44 heavy (non-hydrogen) atoms. The van der Waals surface area contributed by atoms with Crippen molar-refractivity contribution in [3.05, 3.63) is 83.7 Å². The number of unbranched alkanes of at least 4 members (excludes halogenated alkanes) is 1. The van der Waals surface area contributed by atoms with Gasteiger partial charge in [-0.05, 0) is 47.4 Å². The van der Waals surface area contributed by atoms with E-state index in [0.717, 1.165) is 58.5 Å². The lowest BCUT2D eigenvalue weighted by atomic mass is 9.99. The van der Waals surface area contributed by atoms with E-state index in [9.17, 15) is 36.2 Å². The molecule has 0 aliphatic heterocycles. The Morgan fingerprint density at radius 1 is 0.841 bits per heavy atom. The van der Waals surface area contributed by atoms with Crippen LogP contribution in [0.2, 0.25) is 0 Å². The van der Waals surface area contributed by atoms with Gasteiger partial charge in [0.1, 0.15) is 5.82 Å². The first-order valence-corrected chi connectivity index (χ1v) is 12.7. The van der Waals surface area contributed by atoms with Gasteiger partial charge in [0, 0.05) is 18.7 Å². The van der Waals surface area contributed by atoms with Gasteiger partial charge in [-0.3, -0.25) is 0 Å². The molecular formula is C29H27F6N3O6. The minimum Gasteiger partial charge on any atom is -0.478 e. The van der Waals surface area contributed by atoms with Crippen molar-refractivity contribution in [3.63, 3.8) is 0 Å². The summed E-state index contributed by atoms with van der Waals surface area (Å²) < 4.78 is 65.7. The van der Waals surface area contributed by atoms with Gasteiger partial charge in [-0.25, -0.2) is 19.4 Å². The highest BCUT2D eigenvalue weighted by Gasteiger charge is 2.38. The number of carbonyl (C=O) groups is 3. The second-order valence-electron chi connectivity index (χ2n) is 9.12. The predicted molar refractivity (Wildman–Crippen MR) is 148 cm³/mol. The quantitative estimate of drug-likeness (QED) is 0.131. The van der Waals surface area contributed by atoms with Crippen LogP contribution in [0.1, 0.15) is 41.5 Å². The third kappa shape index (κ3) is 10.0. The van der Waals surface area contributed by atoms with Gasteiger partial charge in [0.2, 0.25) is 0 Å². The lowest BCUT2D eigenvalue weighted by molar-refractivity contribution is -0.193. The van der Waals surface area contributed by atoms with Crippen molar-refractivity contribution in [2.45, 2.75) is 45.1 Å². The maximum Gasteiger partial charge on any atom is 0.490 e. The Morgan fingerprint density at radius 3 is 1.89 bits per heavy atom. The number of benzene rings is 3. The van der Waals surface area contributed by atoms with E-state index in [2.05, 4.69) is 23.6 Å². The highest BCUT2D eigenvalue weighted by molar-refractivity contribution is 5.96. The first-order valence-electron chi connectivity index (χ1n) is 12.7. The third-order valence-electron chi connectivity index (χ3n) is 5.85. The number of carboxylic acids is 3. The summed E-state index contributed by atoms with van der Waals surface area (Å²) in [5.41, 5.74) is 11.7. The lowest BCUT2D eigenvalue weighted by Gasteiger charge is -2.11. The van der Waals surface area contributed by atoms with Crippen LogP contribution < -0.4 is 5.73 Å². The third-order valence-corrected chi connectivity index (χ3v) is 5.85. The summed E-state index contributed by atoms with van der Waals surface area (Å²) in [7, 11) is 0. The number of hydrogen-bond acceptors (Lipinski definition) is 5. The van der Waals surface area contributed by atoms with Crippen LogP contribution >= 0.6 is 0 Å². The molecule has 15 heteroatoms. The monoisotopic (exact) mass is 627 g/mol. The van der Waals surface area contributed by atoms with Gasteiger partial charge < -0.3 is 25.6 Å². The molecule has 0 fully saturated rings. The normalized spacial score (nSPS) is 11.2. The minimum absolute atomic E-state index is 0.310. The number of aryl methyl sites for hydroxylation is 1. The summed E-state index contributed by atoms with van der Waals surface area (Å²) in [5.74, 6) is -5.36. The Morgan fingerprint density at radius 2 is 1.39 bits per heavy atom. The van der Waals surface area contributed by atoms with Crippen molar-refractivity contribution < 1.29 is 56.0 Å². The fourth-order valence-corrected chi connectivity index (χ4v) is 3.79. The zero-order chi connectivity index (χ0) is 33.2. The SMILES string of the molecule is CCCCc1nc2cc(N)ccc2n1Cc1ccc(-c2ccccc2C(=O)O)cc1.O=C(O)C(F)(F)F.O=C(O)C(F)(F)F. The number of nitrogens with zero attached hydrogens (tertiary/aromatic N) is 2. The van der Waals surface area contributed by atoms with Crippen LogP contribution in [0.15, 0.2) is 66.7 Å². The van der Waals surface area contributed by atoms with E-state index in [4.69, 9.17) is 30.5 Å². The topological polar surface area (TPSA) is 156 Å². The van der Waals surface area contributed by atoms with Gasteiger partial charge in [0.05, 0.1) is 16.6 Å². The van der Waals surface area contributed by atoms with Gasteiger partial charge in [-0.15, -0.1) is 0 Å². The van der Waals surface area contributed by atoms with Crippen molar-refractivity contribution in [2.75, 3.05) is 5.73 Å². The van der Waals surface area contributed by atoms with Crippen LogP contribution in [-0.4, -0.2) is 55.1 Å². The number of aromatic nitrogens is 2. The molecule has 0 radical (unpaired) electrons. The van der Waals surface area contributed by atoms with E-state index in [1.54, 1.807) is 12.1 Å². The summed E-state index contributed by atoms with van der Waals surface area (Å²) >= 11 is 0. The number of aliphatic carboxylic acids is 2. The molecule has 4 aromatic rings.